The van der Waals surface area contributed by atoms with Gasteiger partial charge in [0.1, 0.15) is 0 Å². The van der Waals surface area contributed by atoms with E-state index in [1.54, 1.807) is 0 Å². The third-order valence-electron chi connectivity index (χ3n) is 3.25. The van der Waals surface area contributed by atoms with Crippen molar-refractivity contribution < 1.29 is 0 Å². The van der Waals surface area contributed by atoms with Crippen LogP contribution in [0.1, 0.15) is 37.6 Å². The van der Waals surface area contributed by atoms with Crippen molar-refractivity contribution in [3.8, 4) is 0 Å². The molecule has 2 aromatic rings. The van der Waals surface area contributed by atoms with Crippen molar-refractivity contribution in [3.05, 3.63) is 53.1 Å². The topological polar surface area (TPSA) is 29.9 Å². The zero-order valence-electron chi connectivity index (χ0n) is 11.4. The second-order valence-corrected chi connectivity index (χ2v) is 5.07. The molecule has 0 bridgehead atoms. The Balaban J connectivity index is 2.18. The van der Waals surface area contributed by atoms with Gasteiger partial charge >= 0.3 is 0 Å². The van der Waals surface area contributed by atoms with Crippen LogP contribution in [0.2, 0.25) is 5.02 Å². The van der Waals surface area contributed by atoms with Crippen LogP contribution < -0.4 is 5.32 Å². The van der Waals surface area contributed by atoms with E-state index in [9.17, 15) is 0 Å². The molecule has 2 rings (SSSR count). The van der Waals surface area contributed by atoms with Crippen LogP contribution in [0.25, 0.3) is 0 Å². The molecule has 1 heterocycles. The molecule has 0 fully saturated rings. The summed E-state index contributed by atoms with van der Waals surface area (Å²) in [4.78, 5) is 4.26. The summed E-state index contributed by atoms with van der Waals surface area (Å²) >= 11 is 6.27. The molecule has 0 aliphatic heterocycles. The maximum Gasteiger partial charge on any atom is 0.0954 e. The van der Waals surface area contributed by atoms with E-state index in [1.807, 2.05) is 30.7 Å². The van der Waals surface area contributed by atoms with Gasteiger partial charge in [-0.15, -0.1) is 0 Å². The first-order chi connectivity index (χ1) is 9.24. The highest BCUT2D eigenvalue weighted by molar-refractivity contribution is 6.31. The van der Waals surface area contributed by atoms with E-state index in [-0.39, 0.29) is 6.04 Å². The van der Waals surface area contributed by atoms with Gasteiger partial charge in [0.05, 0.1) is 18.1 Å². The van der Waals surface area contributed by atoms with Gasteiger partial charge in [0.15, 0.2) is 0 Å². The summed E-state index contributed by atoms with van der Waals surface area (Å²) in [7, 11) is 0. The van der Waals surface area contributed by atoms with E-state index in [0.717, 1.165) is 30.1 Å². The van der Waals surface area contributed by atoms with Crippen molar-refractivity contribution in [1.29, 1.82) is 0 Å². The molecule has 1 aromatic heterocycles. The Morgan fingerprint density at radius 1 is 1.37 bits per heavy atom. The highest BCUT2D eigenvalue weighted by Gasteiger charge is 2.13. The van der Waals surface area contributed by atoms with Crippen molar-refractivity contribution in [3.63, 3.8) is 0 Å². The Bertz CT molecular complexity index is 522. The third kappa shape index (κ3) is 3.37. The number of hydrogen-bond acceptors (Lipinski definition) is 2. The van der Waals surface area contributed by atoms with Crippen molar-refractivity contribution >= 4 is 11.6 Å². The van der Waals surface area contributed by atoms with Gasteiger partial charge in [-0.25, -0.2) is 4.98 Å². The van der Waals surface area contributed by atoms with Crippen LogP contribution in [0.5, 0.6) is 0 Å². The van der Waals surface area contributed by atoms with E-state index in [2.05, 4.69) is 34.8 Å². The summed E-state index contributed by atoms with van der Waals surface area (Å²) in [6, 6.07) is 8.16. The monoisotopic (exact) mass is 277 g/mol. The number of nitrogens with zero attached hydrogens (tertiary/aromatic N) is 2. The van der Waals surface area contributed by atoms with E-state index < -0.39 is 0 Å². The second-order valence-electron chi connectivity index (χ2n) is 4.67. The maximum atomic E-state index is 6.27. The lowest BCUT2D eigenvalue weighted by molar-refractivity contribution is 0.574. The van der Waals surface area contributed by atoms with Crippen LogP contribution in [-0.2, 0) is 6.54 Å². The summed E-state index contributed by atoms with van der Waals surface area (Å²) in [5, 5.41) is 4.21. The minimum atomic E-state index is 0.189. The van der Waals surface area contributed by atoms with Crippen LogP contribution in [0.15, 0.2) is 36.8 Å². The smallest absolute Gasteiger partial charge is 0.0954 e. The van der Waals surface area contributed by atoms with Gasteiger partial charge in [-0.05, 0) is 31.5 Å². The summed E-state index contributed by atoms with van der Waals surface area (Å²) in [5.41, 5.74) is 2.31. The Kier molecular flexibility index (Phi) is 5.00. The fraction of sp³-hybridized carbons (Fsp3) is 0.400. The molecule has 1 N–H and O–H groups in total. The molecule has 0 saturated carbocycles. The summed E-state index contributed by atoms with van der Waals surface area (Å²) < 4.78 is 2.17. The second kappa shape index (κ2) is 6.73. The van der Waals surface area contributed by atoms with Crippen LogP contribution in [0.3, 0.4) is 0 Å². The molecule has 1 aromatic carbocycles. The molecule has 0 saturated heterocycles. The van der Waals surface area contributed by atoms with Crippen LogP contribution in [0.4, 0.5) is 0 Å². The van der Waals surface area contributed by atoms with Crippen molar-refractivity contribution in [1.82, 2.24) is 14.9 Å². The lowest BCUT2D eigenvalue weighted by Crippen LogP contribution is -2.18. The molecule has 3 nitrogen and oxygen atoms in total. The molecule has 102 valence electrons. The van der Waals surface area contributed by atoms with Gasteiger partial charge in [0.2, 0.25) is 0 Å². The van der Waals surface area contributed by atoms with Gasteiger partial charge < -0.3 is 9.88 Å². The minimum absolute atomic E-state index is 0.189. The summed E-state index contributed by atoms with van der Waals surface area (Å²) in [6.07, 6.45) is 4.92. The Morgan fingerprint density at radius 3 is 2.89 bits per heavy atom. The molecular weight excluding hydrogens is 258 g/mol. The molecule has 0 aliphatic carbocycles. The molecule has 0 aliphatic rings. The third-order valence-corrected chi connectivity index (χ3v) is 3.60. The Labute approximate surface area is 119 Å². The number of hydrogen-bond donors (Lipinski definition) is 1. The molecule has 1 unspecified atom stereocenters. The average Bonchev–Trinajstić information content (AvgIpc) is 2.87. The van der Waals surface area contributed by atoms with Gasteiger partial charge in [-0.3, -0.25) is 0 Å². The Morgan fingerprint density at radius 2 is 2.16 bits per heavy atom. The largest absolute Gasteiger partial charge is 0.326 e. The van der Waals surface area contributed by atoms with E-state index >= 15 is 0 Å². The van der Waals surface area contributed by atoms with Gasteiger partial charge in [0, 0.05) is 17.8 Å². The maximum absolute atomic E-state index is 6.27. The SMILES string of the molecule is CCCNCc1cncn1C(C)c1ccccc1Cl. The molecule has 0 spiro atoms. The number of aromatic nitrogens is 2. The van der Waals surface area contributed by atoms with E-state index in [1.165, 1.54) is 5.69 Å². The highest BCUT2D eigenvalue weighted by atomic mass is 35.5. The minimum Gasteiger partial charge on any atom is -0.326 e. The first kappa shape index (κ1) is 14.1. The molecule has 4 heteroatoms. The number of imidazole rings is 1. The molecule has 0 radical (unpaired) electrons. The van der Waals surface area contributed by atoms with Crippen LogP contribution in [0, 0.1) is 0 Å². The quantitative estimate of drug-likeness (QED) is 0.817. The highest BCUT2D eigenvalue weighted by Crippen LogP contribution is 2.26. The fourth-order valence-electron chi connectivity index (χ4n) is 2.17. The van der Waals surface area contributed by atoms with Crippen molar-refractivity contribution in [2.45, 2.75) is 32.9 Å². The molecular formula is C15H20ClN3. The predicted molar refractivity (Wildman–Crippen MR) is 79.5 cm³/mol. The zero-order chi connectivity index (χ0) is 13.7. The lowest BCUT2D eigenvalue weighted by Gasteiger charge is -2.18. The number of halogens is 1. The number of benzene rings is 1. The standard InChI is InChI=1S/C15H20ClN3/c1-3-8-17-9-13-10-18-11-19(13)12(2)14-6-4-5-7-15(14)16/h4-7,10-12,17H,3,8-9H2,1-2H3. The summed E-state index contributed by atoms with van der Waals surface area (Å²) in [5.74, 6) is 0. The van der Waals surface area contributed by atoms with Gasteiger partial charge in [-0.2, -0.15) is 0 Å². The Hall–Kier alpha value is -1.32. The van der Waals surface area contributed by atoms with Crippen molar-refractivity contribution in [2.24, 2.45) is 0 Å². The number of nitrogens with one attached hydrogen (secondary N) is 1. The van der Waals surface area contributed by atoms with Crippen LogP contribution >= 0.6 is 11.6 Å². The van der Waals surface area contributed by atoms with Crippen LogP contribution in [-0.4, -0.2) is 16.1 Å². The average molecular weight is 278 g/mol. The first-order valence-corrected chi connectivity index (χ1v) is 7.07. The lowest BCUT2D eigenvalue weighted by atomic mass is 10.1. The van der Waals surface area contributed by atoms with Crippen molar-refractivity contribution in [2.75, 3.05) is 6.54 Å². The normalized spacial score (nSPS) is 12.6. The van der Waals surface area contributed by atoms with Gasteiger partial charge in [0.25, 0.3) is 0 Å². The molecule has 1 atom stereocenters. The fourth-order valence-corrected chi connectivity index (χ4v) is 2.47. The predicted octanol–water partition coefficient (Wildman–Crippen LogP) is 3.65. The van der Waals surface area contributed by atoms with E-state index in [4.69, 9.17) is 11.6 Å². The zero-order valence-corrected chi connectivity index (χ0v) is 12.2. The summed E-state index contributed by atoms with van der Waals surface area (Å²) in [6.45, 7) is 6.16. The van der Waals surface area contributed by atoms with Gasteiger partial charge in [-0.1, -0.05) is 36.7 Å². The molecule has 19 heavy (non-hydrogen) atoms. The first-order valence-electron chi connectivity index (χ1n) is 6.70. The molecule has 0 amide bonds. The van der Waals surface area contributed by atoms with E-state index in [0.29, 0.717) is 0 Å². The number of rotatable bonds is 6.